The van der Waals surface area contributed by atoms with Crippen LogP contribution in [0.25, 0.3) is 0 Å². The van der Waals surface area contributed by atoms with Crippen molar-refractivity contribution in [3.05, 3.63) is 0 Å². The Morgan fingerprint density at radius 3 is 1.84 bits per heavy atom. The van der Waals surface area contributed by atoms with Crippen LogP contribution < -0.4 is 0 Å². The van der Waals surface area contributed by atoms with E-state index in [4.69, 9.17) is 0 Å². The molecule has 1 spiro atoms. The number of nitrogens with zero attached hydrogens (tertiary/aromatic N) is 1. The standard InChI is InChI=1S/C10H21NO6P2/c1-9-2-4-10(5-3-9)6-11(10,7-18(12,13)14)8-19(15,16)17/h9H,2-8H2,1H3,(H3-,12,13,14,15,16,17)/p+1. The van der Waals surface area contributed by atoms with Crippen molar-refractivity contribution in [3.8, 4) is 0 Å². The summed E-state index contributed by atoms with van der Waals surface area (Å²) >= 11 is 0. The van der Waals surface area contributed by atoms with Gasteiger partial charge in [0, 0.05) is 12.8 Å². The Bertz CT molecular complexity index is 423. The lowest BCUT2D eigenvalue weighted by Gasteiger charge is -2.31. The molecule has 0 bridgehead atoms. The van der Waals surface area contributed by atoms with Gasteiger partial charge in [-0.05, 0) is 18.8 Å². The largest absolute Gasteiger partial charge is 0.379 e. The van der Waals surface area contributed by atoms with Crippen LogP contribution in [0, 0.1) is 5.92 Å². The number of quaternary nitrogens is 1. The van der Waals surface area contributed by atoms with Crippen LogP contribution in [0.4, 0.5) is 0 Å². The third-order valence-corrected chi connectivity index (χ3v) is 6.43. The predicted octanol–water partition coefficient (Wildman–Crippen LogP) is 1.04. The first-order valence-corrected chi connectivity index (χ1v) is 10.0. The highest BCUT2D eigenvalue weighted by Gasteiger charge is 2.72. The van der Waals surface area contributed by atoms with E-state index >= 15 is 0 Å². The SMILES string of the molecule is CC1CCC2(CC1)C[N+]2(CP(=O)(O)O)CP(=O)(O)O. The normalized spacial score (nSPS) is 34.5. The average molecular weight is 314 g/mol. The summed E-state index contributed by atoms with van der Waals surface area (Å²) in [5.41, 5.74) is -0.311. The molecule has 2 fully saturated rings. The summed E-state index contributed by atoms with van der Waals surface area (Å²) in [6.07, 6.45) is 2.62. The minimum atomic E-state index is -4.29. The van der Waals surface area contributed by atoms with Crippen molar-refractivity contribution < 1.29 is 33.2 Å². The fraction of sp³-hybridized carbons (Fsp3) is 1.00. The summed E-state index contributed by atoms with van der Waals surface area (Å²) in [6, 6.07) is 0. The lowest BCUT2D eigenvalue weighted by molar-refractivity contribution is -0.809. The molecule has 0 unspecified atom stereocenters. The second kappa shape index (κ2) is 4.63. The van der Waals surface area contributed by atoms with Gasteiger partial charge in [-0.2, -0.15) is 0 Å². The van der Waals surface area contributed by atoms with E-state index in [2.05, 4.69) is 6.92 Å². The second-order valence-corrected chi connectivity index (χ2v) is 9.55. The molecule has 7 nitrogen and oxygen atoms in total. The summed E-state index contributed by atoms with van der Waals surface area (Å²) in [4.78, 5) is 36.8. The number of hydrogen-bond donors (Lipinski definition) is 4. The minimum absolute atomic E-state index is 0.103. The molecule has 0 amide bonds. The first-order valence-electron chi connectivity index (χ1n) is 6.42. The highest BCUT2D eigenvalue weighted by atomic mass is 31.2. The van der Waals surface area contributed by atoms with E-state index in [0.717, 1.165) is 25.7 Å². The summed E-state index contributed by atoms with van der Waals surface area (Å²) in [5.74, 6) is 0.582. The van der Waals surface area contributed by atoms with Gasteiger partial charge in [-0.15, -0.1) is 0 Å². The minimum Gasteiger partial charge on any atom is -0.321 e. The van der Waals surface area contributed by atoms with E-state index < -0.39 is 27.8 Å². The maximum absolute atomic E-state index is 11.3. The summed E-state index contributed by atoms with van der Waals surface area (Å²) in [7, 11) is -8.58. The lowest BCUT2D eigenvalue weighted by atomic mass is 9.82. The van der Waals surface area contributed by atoms with Crippen LogP contribution in [0.15, 0.2) is 0 Å². The summed E-state index contributed by atoms with van der Waals surface area (Å²) < 4.78 is 22.5. The van der Waals surface area contributed by atoms with Crippen molar-refractivity contribution in [2.24, 2.45) is 5.92 Å². The van der Waals surface area contributed by atoms with Crippen molar-refractivity contribution in [1.82, 2.24) is 0 Å². The van der Waals surface area contributed by atoms with E-state index in [9.17, 15) is 28.7 Å². The van der Waals surface area contributed by atoms with Gasteiger partial charge in [0.25, 0.3) is 0 Å². The molecule has 1 aliphatic carbocycles. The Balaban J connectivity index is 2.19. The Morgan fingerprint density at radius 1 is 1.05 bits per heavy atom. The van der Waals surface area contributed by atoms with Gasteiger partial charge in [0.1, 0.15) is 12.1 Å². The Labute approximate surface area is 112 Å². The Morgan fingerprint density at radius 2 is 1.47 bits per heavy atom. The second-order valence-electron chi connectivity index (χ2n) is 6.32. The molecule has 9 heteroatoms. The molecule has 0 radical (unpaired) electrons. The first kappa shape index (κ1) is 15.6. The monoisotopic (exact) mass is 314 g/mol. The average Bonchev–Trinajstić information content (AvgIpc) is 2.71. The molecule has 4 N–H and O–H groups in total. The highest BCUT2D eigenvalue weighted by Crippen LogP contribution is 2.61. The van der Waals surface area contributed by atoms with Gasteiger partial charge < -0.3 is 19.6 Å². The van der Waals surface area contributed by atoms with E-state index in [1.165, 1.54) is 0 Å². The zero-order valence-electron chi connectivity index (χ0n) is 11.0. The van der Waals surface area contributed by atoms with Crippen LogP contribution in [-0.4, -0.2) is 48.7 Å². The summed E-state index contributed by atoms with van der Waals surface area (Å²) in [5, 5.41) is 0. The third kappa shape index (κ3) is 3.48. The van der Waals surface area contributed by atoms with Crippen molar-refractivity contribution in [2.75, 3.05) is 19.1 Å². The van der Waals surface area contributed by atoms with Crippen LogP contribution >= 0.6 is 15.2 Å². The molecule has 0 atom stereocenters. The molecular weight excluding hydrogens is 292 g/mol. The van der Waals surface area contributed by atoms with Crippen LogP contribution in [0.5, 0.6) is 0 Å². The van der Waals surface area contributed by atoms with E-state index in [1.54, 1.807) is 0 Å². The van der Waals surface area contributed by atoms with Gasteiger partial charge in [0.15, 0.2) is 12.6 Å². The Hall–Kier alpha value is 0.260. The van der Waals surface area contributed by atoms with Crippen molar-refractivity contribution in [3.63, 3.8) is 0 Å². The summed E-state index contributed by atoms with van der Waals surface area (Å²) in [6.45, 7) is 2.62. The molecule has 19 heavy (non-hydrogen) atoms. The van der Waals surface area contributed by atoms with Crippen LogP contribution in [0.3, 0.4) is 0 Å². The topological polar surface area (TPSA) is 115 Å². The van der Waals surface area contributed by atoms with Crippen molar-refractivity contribution in [1.29, 1.82) is 0 Å². The quantitative estimate of drug-likeness (QED) is 0.350. The van der Waals surface area contributed by atoms with E-state index in [0.29, 0.717) is 12.5 Å². The molecule has 0 aromatic rings. The smallest absolute Gasteiger partial charge is 0.321 e. The van der Waals surface area contributed by atoms with Crippen LogP contribution in [-0.2, 0) is 9.13 Å². The number of hydrogen-bond acceptors (Lipinski definition) is 2. The predicted molar refractivity (Wildman–Crippen MR) is 69.3 cm³/mol. The molecule has 1 saturated heterocycles. The van der Waals surface area contributed by atoms with Gasteiger partial charge in [-0.25, -0.2) is 0 Å². The zero-order valence-corrected chi connectivity index (χ0v) is 12.8. The van der Waals surface area contributed by atoms with Gasteiger partial charge >= 0.3 is 15.2 Å². The molecule has 1 saturated carbocycles. The Kier molecular flexibility index (Phi) is 3.82. The first-order chi connectivity index (χ1) is 8.47. The fourth-order valence-electron chi connectivity index (χ4n) is 3.61. The molecular formula is C10H22NO6P2+. The molecule has 0 aromatic heterocycles. The molecule has 2 rings (SSSR count). The van der Waals surface area contributed by atoms with Crippen molar-refractivity contribution >= 4 is 15.2 Å². The van der Waals surface area contributed by atoms with Gasteiger partial charge in [-0.3, -0.25) is 13.6 Å². The van der Waals surface area contributed by atoms with Gasteiger partial charge in [-0.1, -0.05) is 6.92 Å². The van der Waals surface area contributed by atoms with E-state index in [1.807, 2.05) is 0 Å². The molecule has 112 valence electrons. The van der Waals surface area contributed by atoms with Gasteiger partial charge in [0.05, 0.1) is 0 Å². The maximum Gasteiger partial charge on any atom is 0.379 e. The van der Waals surface area contributed by atoms with Crippen LogP contribution in [0.1, 0.15) is 32.6 Å². The maximum atomic E-state index is 11.3. The fourth-order valence-corrected chi connectivity index (χ4v) is 6.18. The molecule has 0 aromatic carbocycles. The van der Waals surface area contributed by atoms with Crippen LogP contribution in [0.2, 0.25) is 0 Å². The number of rotatable bonds is 4. The lowest BCUT2D eigenvalue weighted by Crippen LogP contribution is -2.40. The molecule has 2 aliphatic rings. The third-order valence-electron chi connectivity index (χ3n) is 4.61. The van der Waals surface area contributed by atoms with E-state index in [-0.39, 0.29) is 10.0 Å². The van der Waals surface area contributed by atoms with Gasteiger partial charge in [0.2, 0.25) is 0 Å². The zero-order chi connectivity index (χ0) is 14.5. The van der Waals surface area contributed by atoms with Crippen molar-refractivity contribution in [2.45, 2.75) is 38.1 Å². The molecule has 1 heterocycles. The highest BCUT2D eigenvalue weighted by molar-refractivity contribution is 7.52. The molecule has 1 aliphatic heterocycles.